The first-order chi connectivity index (χ1) is 5.83. The van der Waals surface area contributed by atoms with E-state index in [-0.39, 0.29) is 6.79 Å². The number of ether oxygens (including phenoxy) is 2. The van der Waals surface area contributed by atoms with Crippen LogP contribution in [0.5, 0.6) is 11.5 Å². The second-order valence-electron chi connectivity index (χ2n) is 2.42. The van der Waals surface area contributed by atoms with E-state index in [1.165, 1.54) is 0 Å². The Hall–Kier alpha value is -1.71. The van der Waals surface area contributed by atoms with Gasteiger partial charge in [-0.25, -0.2) is 0 Å². The zero-order chi connectivity index (χ0) is 8.55. The Bertz CT molecular complexity index is 335. The highest BCUT2D eigenvalue weighted by Crippen LogP contribution is 2.37. The average molecular weight is 165 g/mol. The highest BCUT2D eigenvalue weighted by atomic mass is 16.7. The minimum Gasteiger partial charge on any atom is -0.454 e. The summed E-state index contributed by atoms with van der Waals surface area (Å²) in [6.45, 7) is 0.152. The van der Waals surface area contributed by atoms with Gasteiger partial charge in [0.15, 0.2) is 17.8 Å². The summed E-state index contributed by atoms with van der Waals surface area (Å²) in [5.74, 6) is 1.02. The van der Waals surface area contributed by atoms with Crippen LogP contribution in [0, 0.1) is 0 Å². The molecular weight excluding hydrogens is 158 g/mol. The Morgan fingerprint density at radius 2 is 2.25 bits per heavy atom. The molecule has 1 aliphatic heterocycles. The maximum absolute atomic E-state index is 10.6. The molecular formula is C8H7NO3. The molecule has 2 rings (SSSR count). The summed E-state index contributed by atoms with van der Waals surface area (Å²) in [6.07, 6.45) is 0.669. The minimum absolute atomic E-state index is 0.152. The van der Waals surface area contributed by atoms with E-state index in [1.54, 1.807) is 12.1 Å². The maximum Gasteiger partial charge on any atom is 0.231 e. The van der Waals surface area contributed by atoms with Crippen LogP contribution in [0.4, 0.5) is 5.69 Å². The maximum atomic E-state index is 10.6. The molecule has 0 saturated heterocycles. The van der Waals surface area contributed by atoms with Crippen molar-refractivity contribution in [2.24, 2.45) is 0 Å². The molecule has 2 N–H and O–H groups in total. The lowest BCUT2D eigenvalue weighted by Crippen LogP contribution is -1.96. The molecule has 0 spiro atoms. The van der Waals surface area contributed by atoms with Crippen molar-refractivity contribution in [1.29, 1.82) is 0 Å². The van der Waals surface area contributed by atoms with Gasteiger partial charge in [-0.05, 0) is 12.1 Å². The third-order valence-electron chi connectivity index (χ3n) is 1.73. The molecule has 1 heterocycles. The van der Waals surface area contributed by atoms with Crippen LogP contribution in [0.25, 0.3) is 0 Å². The topological polar surface area (TPSA) is 61.6 Å². The molecule has 1 aromatic carbocycles. The number of nitrogen functional groups attached to an aromatic ring is 1. The van der Waals surface area contributed by atoms with Crippen LogP contribution in [0.15, 0.2) is 12.1 Å². The normalized spacial score (nSPS) is 13.0. The SMILES string of the molecule is Nc1ccc2c(c1C=O)OCO2. The van der Waals surface area contributed by atoms with E-state index in [1.807, 2.05) is 0 Å². The molecule has 1 aromatic rings. The minimum atomic E-state index is 0.152. The van der Waals surface area contributed by atoms with Gasteiger partial charge in [0.05, 0.1) is 5.56 Å². The van der Waals surface area contributed by atoms with Gasteiger partial charge in [-0.15, -0.1) is 0 Å². The Labute approximate surface area is 68.9 Å². The number of nitrogens with two attached hydrogens (primary N) is 1. The molecule has 0 radical (unpaired) electrons. The standard InChI is InChI=1S/C8H7NO3/c9-6-1-2-7-8(5(6)3-10)12-4-11-7/h1-3H,4,9H2. The summed E-state index contributed by atoms with van der Waals surface area (Å²) in [7, 11) is 0. The van der Waals surface area contributed by atoms with Gasteiger partial charge in [0.1, 0.15) is 0 Å². The fourth-order valence-corrected chi connectivity index (χ4v) is 1.13. The fraction of sp³-hybridized carbons (Fsp3) is 0.125. The Kier molecular flexibility index (Phi) is 1.40. The third kappa shape index (κ3) is 0.812. The molecule has 0 atom stereocenters. The molecule has 0 amide bonds. The lowest BCUT2D eigenvalue weighted by molar-refractivity contribution is 0.111. The molecule has 0 bridgehead atoms. The Balaban J connectivity index is 2.65. The van der Waals surface area contributed by atoms with Gasteiger partial charge in [0.25, 0.3) is 0 Å². The lowest BCUT2D eigenvalue weighted by Gasteiger charge is -2.01. The number of carbonyl (C=O) groups is 1. The highest BCUT2D eigenvalue weighted by molar-refractivity contribution is 5.89. The van der Waals surface area contributed by atoms with Crippen LogP contribution < -0.4 is 15.2 Å². The first kappa shape index (κ1) is 6.97. The molecule has 0 saturated carbocycles. The first-order valence-corrected chi connectivity index (χ1v) is 3.46. The van der Waals surface area contributed by atoms with Gasteiger partial charge in [0.2, 0.25) is 6.79 Å². The Morgan fingerprint density at radius 3 is 3.00 bits per heavy atom. The smallest absolute Gasteiger partial charge is 0.231 e. The molecule has 62 valence electrons. The van der Waals surface area contributed by atoms with E-state index in [0.717, 1.165) is 0 Å². The van der Waals surface area contributed by atoms with E-state index < -0.39 is 0 Å². The van der Waals surface area contributed by atoms with Crippen LogP contribution in [-0.4, -0.2) is 13.1 Å². The van der Waals surface area contributed by atoms with Gasteiger partial charge >= 0.3 is 0 Å². The largest absolute Gasteiger partial charge is 0.454 e. The molecule has 4 nitrogen and oxygen atoms in total. The number of hydrogen-bond acceptors (Lipinski definition) is 4. The molecule has 12 heavy (non-hydrogen) atoms. The zero-order valence-corrected chi connectivity index (χ0v) is 6.24. The van der Waals surface area contributed by atoms with Crippen LogP contribution in [-0.2, 0) is 0 Å². The van der Waals surface area contributed by atoms with E-state index in [2.05, 4.69) is 0 Å². The zero-order valence-electron chi connectivity index (χ0n) is 6.24. The lowest BCUT2D eigenvalue weighted by atomic mass is 10.1. The van der Waals surface area contributed by atoms with Crippen molar-refractivity contribution < 1.29 is 14.3 Å². The van der Waals surface area contributed by atoms with Crippen LogP contribution in [0.1, 0.15) is 10.4 Å². The average Bonchev–Trinajstić information content (AvgIpc) is 2.52. The molecule has 1 aliphatic rings. The summed E-state index contributed by atoms with van der Waals surface area (Å²) in [5.41, 5.74) is 6.31. The van der Waals surface area contributed by atoms with Crippen molar-refractivity contribution in [3.8, 4) is 11.5 Å². The second kappa shape index (κ2) is 2.41. The summed E-state index contributed by atoms with van der Waals surface area (Å²) < 4.78 is 10.1. The predicted octanol–water partition coefficient (Wildman–Crippen LogP) is 0.810. The van der Waals surface area contributed by atoms with E-state index in [4.69, 9.17) is 15.2 Å². The quantitative estimate of drug-likeness (QED) is 0.494. The van der Waals surface area contributed by atoms with E-state index in [9.17, 15) is 4.79 Å². The molecule has 4 heteroatoms. The predicted molar refractivity (Wildman–Crippen MR) is 42.4 cm³/mol. The van der Waals surface area contributed by atoms with Gasteiger partial charge in [-0.2, -0.15) is 0 Å². The summed E-state index contributed by atoms with van der Waals surface area (Å²) in [6, 6.07) is 3.31. The van der Waals surface area contributed by atoms with E-state index >= 15 is 0 Å². The van der Waals surface area contributed by atoms with Crippen molar-refractivity contribution in [1.82, 2.24) is 0 Å². The monoisotopic (exact) mass is 165 g/mol. The fourth-order valence-electron chi connectivity index (χ4n) is 1.13. The summed E-state index contributed by atoms with van der Waals surface area (Å²) in [5, 5.41) is 0. The van der Waals surface area contributed by atoms with Crippen molar-refractivity contribution in [3.05, 3.63) is 17.7 Å². The molecule has 0 aliphatic carbocycles. The molecule has 0 unspecified atom stereocenters. The number of benzene rings is 1. The Morgan fingerprint density at radius 1 is 1.42 bits per heavy atom. The first-order valence-electron chi connectivity index (χ1n) is 3.46. The van der Waals surface area contributed by atoms with Crippen LogP contribution in [0.2, 0.25) is 0 Å². The summed E-state index contributed by atoms with van der Waals surface area (Å²) >= 11 is 0. The van der Waals surface area contributed by atoms with E-state index in [0.29, 0.717) is 29.0 Å². The summed E-state index contributed by atoms with van der Waals surface area (Å²) in [4.78, 5) is 10.6. The van der Waals surface area contributed by atoms with Gasteiger partial charge < -0.3 is 15.2 Å². The number of rotatable bonds is 1. The number of carbonyl (C=O) groups excluding carboxylic acids is 1. The highest BCUT2D eigenvalue weighted by Gasteiger charge is 2.18. The van der Waals surface area contributed by atoms with Crippen LogP contribution in [0.3, 0.4) is 0 Å². The number of hydrogen-bond donors (Lipinski definition) is 1. The number of anilines is 1. The van der Waals surface area contributed by atoms with Crippen molar-refractivity contribution >= 4 is 12.0 Å². The second-order valence-corrected chi connectivity index (χ2v) is 2.42. The van der Waals surface area contributed by atoms with Crippen molar-refractivity contribution in [3.63, 3.8) is 0 Å². The number of aldehydes is 1. The molecule has 0 fully saturated rings. The van der Waals surface area contributed by atoms with Crippen molar-refractivity contribution in [2.45, 2.75) is 0 Å². The third-order valence-corrected chi connectivity index (χ3v) is 1.73. The van der Waals surface area contributed by atoms with Crippen molar-refractivity contribution in [2.75, 3.05) is 12.5 Å². The van der Waals surface area contributed by atoms with Gasteiger partial charge in [-0.3, -0.25) is 4.79 Å². The van der Waals surface area contributed by atoms with Gasteiger partial charge in [0, 0.05) is 5.69 Å². The number of fused-ring (bicyclic) bond motifs is 1. The van der Waals surface area contributed by atoms with Gasteiger partial charge in [-0.1, -0.05) is 0 Å². The molecule has 0 aromatic heterocycles. The van der Waals surface area contributed by atoms with Crippen LogP contribution >= 0.6 is 0 Å².